The monoisotopic (exact) mass is 285 g/mol. The van der Waals surface area contributed by atoms with Gasteiger partial charge in [0.05, 0.1) is 6.10 Å². The van der Waals surface area contributed by atoms with Crippen LogP contribution in [0.15, 0.2) is 42.5 Å². The molecule has 2 N–H and O–H groups in total. The Morgan fingerprint density at radius 1 is 1.14 bits per heavy atom. The number of aliphatic hydroxyl groups is 1. The van der Waals surface area contributed by atoms with E-state index in [0.29, 0.717) is 12.3 Å². The molecule has 110 valence electrons. The lowest BCUT2D eigenvalue weighted by Crippen LogP contribution is -2.21. The van der Waals surface area contributed by atoms with E-state index in [1.807, 2.05) is 24.3 Å². The number of aliphatic hydroxyl groups excluding tert-OH is 1. The Balaban J connectivity index is 1.55. The highest BCUT2D eigenvalue weighted by Gasteiger charge is 2.16. The second-order valence-electron chi connectivity index (χ2n) is 5.25. The molecule has 3 rings (SSSR count). The fourth-order valence-corrected chi connectivity index (χ4v) is 2.41. The van der Waals surface area contributed by atoms with Crippen LogP contribution in [0.25, 0.3) is 0 Å². The smallest absolute Gasteiger partial charge is 0.231 e. The van der Waals surface area contributed by atoms with Crippen LogP contribution in [0.4, 0.5) is 0 Å². The zero-order valence-corrected chi connectivity index (χ0v) is 12.0. The minimum absolute atomic E-state index is 0.250. The summed E-state index contributed by atoms with van der Waals surface area (Å²) < 4.78 is 10.6. The van der Waals surface area contributed by atoms with E-state index in [1.165, 1.54) is 11.1 Å². The van der Waals surface area contributed by atoms with Gasteiger partial charge in [0, 0.05) is 13.1 Å². The van der Waals surface area contributed by atoms with Crippen molar-refractivity contribution >= 4 is 0 Å². The number of ether oxygens (including phenoxy) is 2. The van der Waals surface area contributed by atoms with E-state index in [-0.39, 0.29) is 6.79 Å². The van der Waals surface area contributed by atoms with Crippen LogP contribution in [0.1, 0.15) is 22.8 Å². The molecular formula is C17H19NO3. The van der Waals surface area contributed by atoms with Gasteiger partial charge in [-0.15, -0.1) is 0 Å². The van der Waals surface area contributed by atoms with Crippen LogP contribution in [0.2, 0.25) is 0 Å². The summed E-state index contributed by atoms with van der Waals surface area (Å²) in [6.07, 6.45) is -0.565. The maximum absolute atomic E-state index is 10.2. The summed E-state index contributed by atoms with van der Waals surface area (Å²) in [6.45, 7) is 3.56. The Morgan fingerprint density at radius 3 is 2.86 bits per heavy atom. The highest BCUT2D eigenvalue weighted by molar-refractivity contribution is 5.45. The van der Waals surface area contributed by atoms with Gasteiger partial charge in [-0.3, -0.25) is 0 Å². The molecule has 1 atom stereocenters. The van der Waals surface area contributed by atoms with Crippen molar-refractivity contribution in [2.75, 3.05) is 13.3 Å². The minimum Gasteiger partial charge on any atom is -0.454 e. The SMILES string of the molecule is Cc1cccc(CNCC(O)c2ccc3c(c2)OCO3)c1. The highest BCUT2D eigenvalue weighted by Crippen LogP contribution is 2.34. The van der Waals surface area contributed by atoms with Crippen molar-refractivity contribution in [2.45, 2.75) is 19.6 Å². The molecule has 4 heteroatoms. The Labute approximate surface area is 124 Å². The first-order chi connectivity index (χ1) is 10.2. The molecule has 4 nitrogen and oxygen atoms in total. The average molecular weight is 285 g/mol. The van der Waals surface area contributed by atoms with Crippen molar-refractivity contribution in [2.24, 2.45) is 0 Å². The third-order valence-electron chi connectivity index (χ3n) is 3.53. The largest absolute Gasteiger partial charge is 0.454 e. The maximum Gasteiger partial charge on any atom is 0.231 e. The van der Waals surface area contributed by atoms with Gasteiger partial charge in [0.25, 0.3) is 0 Å². The van der Waals surface area contributed by atoms with Crippen LogP contribution < -0.4 is 14.8 Å². The Bertz CT molecular complexity index is 627. The van der Waals surface area contributed by atoms with E-state index in [1.54, 1.807) is 0 Å². The average Bonchev–Trinajstić information content (AvgIpc) is 2.94. The van der Waals surface area contributed by atoms with E-state index < -0.39 is 6.10 Å². The molecule has 21 heavy (non-hydrogen) atoms. The summed E-state index contributed by atoms with van der Waals surface area (Å²) in [5, 5.41) is 13.5. The van der Waals surface area contributed by atoms with Crippen molar-refractivity contribution in [3.8, 4) is 11.5 Å². The molecule has 0 amide bonds. The van der Waals surface area contributed by atoms with Crippen LogP contribution in [-0.2, 0) is 6.54 Å². The van der Waals surface area contributed by atoms with Crippen LogP contribution in [0.3, 0.4) is 0 Å². The highest BCUT2D eigenvalue weighted by atomic mass is 16.7. The van der Waals surface area contributed by atoms with Crippen LogP contribution >= 0.6 is 0 Å². The molecule has 0 aromatic heterocycles. The summed E-state index contributed by atoms with van der Waals surface area (Å²) in [6, 6.07) is 13.9. The molecule has 2 aromatic carbocycles. The van der Waals surface area contributed by atoms with Gasteiger partial charge in [0.15, 0.2) is 11.5 Å². The number of hydrogen-bond acceptors (Lipinski definition) is 4. The fraction of sp³-hybridized carbons (Fsp3) is 0.294. The normalized spacial score (nSPS) is 14.2. The Kier molecular flexibility index (Phi) is 4.08. The summed E-state index contributed by atoms with van der Waals surface area (Å²) in [5.74, 6) is 1.43. The topological polar surface area (TPSA) is 50.7 Å². The molecule has 0 saturated heterocycles. The minimum atomic E-state index is -0.565. The van der Waals surface area contributed by atoms with Gasteiger partial charge >= 0.3 is 0 Å². The molecule has 0 bridgehead atoms. The van der Waals surface area contributed by atoms with Gasteiger partial charge in [-0.05, 0) is 30.2 Å². The second-order valence-corrected chi connectivity index (χ2v) is 5.25. The molecule has 1 unspecified atom stereocenters. The Morgan fingerprint density at radius 2 is 2.00 bits per heavy atom. The predicted octanol–water partition coefficient (Wildman–Crippen LogP) is 2.55. The molecule has 1 heterocycles. The molecule has 1 aliphatic heterocycles. The first-order valence-corrected chi connectivity index (χ1v) is 7.06. The maximum atomic E-state index is 10.2. The second kappa shape index (κ2) is 6.16. The molecule has 2 aromatic rings. The van der Waals surface area contributed by atoms with Gasteiger partial charge in [0.1, 0.15) is 0 Å². The van der Waals surface area contributed by atoms with Gasteiger partial charge in [0.2, 0.25) is 6.79 Å². The summed E-state index contributed by atoms with van der Waals surface area (Å²) in [4.78, 5) is 0. The lowest BCUT2D eigenvalue weighted by Gasteiger charge is -2.13. The third kappa shape index (κ3) is 3.35. The van der Waals surface area contributed by atoms with Crippen molar-refractivity contribution in [1.29, 1.82) is 0 Å². The van der Waals surface area contributed by atoms with Gasteiger partial charge in [-0.25, -0.2) is 0 Å². The number of aryl methyl sites for hydroxylation is 1. The third-order valence-corrected chi connectivity index (χ3v) is 3.53. The van der Waals surface area contributed by atoms with E-state index in [9.17, 15) is 5.11 Å². The van der Waals surface area contributed by atoms with E-state index >= 15 is 0 Å². The molecule has 0 radical (unpaired) electrons. The molecule has 0 saturated carbocycles. The summed E-state index contributed by atoms with van der Waals surface area (Å²) in [7, 11) is 0. The number of rotatable bonds is 5. The standard InChI is InChI=1S/C17H19NO3/c1-12-3-2-4-13(7-12)9-18-10-15(19)14-5-6-16-17(8-14)21-11-20-16/h2-8,15,18-19H,9-11H2,1H3. The molecule has 0 spiro atoms. The fourth-order valence-electron chi connectivity index (χ4n) is 2.41. The quantitative estimate of drug-likeness (QED) is 0.886. The van der Waals surface area contributed by atoms with Crippen molar-refractivity contribution in [1.82, 2.24) is 5.32 Å². The Hall–Kier alpha value is -2.04. The summed E-state index contributed by atoms with van der Waals surface area (Å²) in [5.41, 5.74) is 3.29. The molecule has 0 fully saturated rings. The number of benzene rings is 2. The number of fused-ring (bicyclic) bond motifs is 1. The zero-order chi connectivity index (χ0) is 14.7. The first-order valence-electron chi connectivity index (χ1n) is 7.06. The summed E-state index contributed by atoms with van der Waals surface area (Å²) >= 11 is 0. The van der Waals surface area contributed by atoms with Gasteiger partial charge < -0.3 is 19.9 Å². The molecular weight excluding hydrogens is 266 g/mol. The zero-order valence-electron chi connectivity index (χ0n) is 12.0. The van der Waals surface area contributed by atoms with E-state index in [2.05, 4.69) is 30.4 Å². The van der Waals surface area contributed by atoms with Crippen LogP contribution in [0.5, 0.6) is 11.5 Å². The lowest BCUT2D eigenvalue weighted by atomic mass is 10.1. The van der Waals surface area contributed by atoms with Crippen molar-refractivity contribution in [3.63, 3.8) is 0 Å². The van der Waals surface area contributed by atoms with Crippen molar-refractivity contribution in [3.05, 3.63) is 59.2 Å². The van der Waals surface area contributed by atoms with Crippen LogP contribution in [-0.4, -0.2) is 18.4 Å². The molecule has 1 aliphatic rings. The van der Waals surface area contributed by atoms with Gasteiger partial charge in [-0.1, -0.05) is 35.9 Å². The first kappa shape index (κ1) is 13.9. The van der Waals surface area contributed by atoms with Crippen LogP contribution in [0, 0.1) is 6.92 Å². The van der Waals surface area contributed by atoms with Gasteiger partial charge in [-0.2, -0.15) is 0 Å². The van der Waals surface area contributed by atoms with E-state index in [0.717, 1.165) is 17.9 Å². The molecule has 0 aliphatic carbocycles. The van der Waals surface area contributed by atoms with E-state index in [4.69, 9.17) is 9.47 Å². The van der Waals surface area contributed by atoms with Crippen molar-refractivity contribution < 1.29 is 14.6 Å². The number of nitrogens with one attached hydrogen (secondary N) is 1. The number of hydrogen-bond donors (Lipinski definition) is 2. The predicted molar refractivity (Wildman–Crippen MR) is 80.4 cm³/mol. The lowest BCUT2D eigenvalue weighted by molar-refractivity contribution is 0.170.